The van der Waals surface area contributed by atoms with Crippen molar-refractivity contribution >= 4 is 29.9 Å². The highest BCUT2D eigenvalue weighted by Gasteiger charge is 2.49. The van der Waals surface area contributed by atoms with Gasteiger partial charge in [-0.25, -0.2) is 0 Å². The number of nitrogens with one attached hydrogen (secondary N) is 2. The first-order valence-corrected chi connectivity index (χ1v) is 7.83. The van der Waals surface area contributed by atoms with Crippen LogP contribution in [0.5, 0.6) is 0 Å². The summed E-state index contributed by atoms with van der Waals surface area (Å²) in [7, 11) is 0. The van der Waals surface area contributed by atoms with Crippen molar-refractivity contribution in [2.24, 2.45) is 10.4 Å². The van der Waals surface area contributed by atoms with Crippen LogP contribution >= 0.6 is 24.0 Å². The summed E-state index contributed by atoms with van der Waals surface area (Å²) in [5.41, 5.74) is 0.114. The van der Waals surface area contributed by atoms with Gasteiger partial charge >= 0.3 is 0 Å². The van der Waals surface area contributed by atoms with E-state index < -0.39 is 0 Å². The minimum atomic E-state index is 0. The molecule has 5 nitrogen and oxygen atoms in total. The molecule has 0 amide bonds. The first kappa shape index (κ1) is 20.9. The fraction of sp³-hybridized carbons (Fsp3) is 0.933. The monoisotopic (exact) mass is 413 g/mol. The van der Waals surface area contributed by atoms with Crippen LogP contribution in [0.15, 0.2) is 4.99 Å². The van der Waals surface area contributed by atoms with Gasteiger partial charge in [-0.2, -0.15) is 0 Å². The molecule has 0 saturated heterocycles. The summed E-state index contributed by atoms with van der Waals surface area (Å²) in [6, 6.07) is 0.366. The molecule has 3 N–H and O–H groups in total. The number of aliphatic hydroxyl groups is 1. The first-order chi connectivity index (χ1) is 9.56. The van der Waals surface area contributed by atoms with Crippen molar-refractivity contribution in [1.29, 1.82) is 0 Å². The second-order valence-electron chi connectivity index (χ2n) is 5.95. The van der Waals surface area contributed by atoms with Crippen LogP contribution in [0.4, 0.5) is 0 Å². The molecule has 1 aliphatic rings. The molecule has 0 bridgehead atoms. The number of hydrogen-bond acceptors (Lipinski definition) is 3. The van der Waals surface area contributed by atoms with Crippen molar-refractivity contribution in [2.75, 3.05) is 26.3 Å². The van der Waals surface area contributed by atoms with Crippen LogP contribution < -0.4 is 10.6 Å². The molecule has 0 aromatic heterocycles. The van der Waals surface area contributed by atoms with Crippen molar-refractivity contribution < 1.29 is 9.84 Å². The fourth-order valence-electron chi connectivity index (χ4n) is 2.43. The molecular formula is C15H32IN3O2. The van der Waals surface area contributed by atoms with E-state index in [1.165, 1.54) is 6.42 Å². The second-order valence-corrected chi connectivity index (χ2v) is 5.95. The Morgan fingerprint density at radius 2 is 2.10 bits per heavy atom. The van der Waals surface area contributed by atoms with Gasteiger partial charge in [0.05, 0.1) is 19.3 Å². The average Bonchev–Trinajstić information content (AvgIpc) is 2.42. The Balaban J connectivity index is 0.00000400. The Morgan fingerprint density at radius 1 is 1.38 bits per heavy atom. The lowest BCUT2D eigenvalue weighted by Gasteiger charge is -2.52. The molecule has 126 valence electrons. The maximum absolute atomic E-state index is 8.87. The van der Waals surface area contributed by atoms with E-state index in [1.807, 2.05) is 6.92 Å². The lowest BCUT2D eigenvalue weighted by Crippen LogP contribution is -2.63. The summed E-state index contributed by atoms with van der Waals surface area (Å²) in [5, 5.41) is 15.5. The van der Waals surface area contributed by atoms with Crippen molar-refractivity contribution in [2.45, 2.75) is 59.1 Å². The van der Waals surface area contributed by atoms with Crippen LogP contribution in [0.25, 0.3) is 0 Å². The maximum atomic E-state index is 8.87. The highest BCUT2D eigenvalue weighted by Crippen LogP contribution is 2.42. The van der Waals surface area contributed by atoms with E-state index >= 15 is 0 Å². The van der Waals surface area contributed by atoms with E-state index in [2.05, 4.69) is 36.4 Å². The molecule has 0 aliphatic heterocycles. The van der Waals surface area contributed by atoms with Crippen LogP contribution in [0.2, 0.25) is 0 Å². The normalized spacial score (nSPS) is 24.0. The van der Waals surface area contributed by atoms with E-state index in [4.69, 9.17) is 9.84 Å². The third-order valence-corrected chi connectivity index (χ3v) is 4.02. The number of unbranched alkanes of at least 4 members (excludes halogenated alkanes) is 1. The number of halogens is 1. The molecule has 2 atom stereocenters. The zero-order valence-corrected chi connectivity index (χ0v) is 16.1. The zero-order valence-electron chi connectivity index (χ0n) is 13.8. The standard InChI is InChI=1S/C15H31N3O2.HI/c1-5-7-10-20-13-11-12(15(13,3)4)18-14(16-6-2)17-8-9-19;/h12-13,19H,5-11H2,1-4H3,(H2,16,17,18);1H. The minimum Gasteiger partial charge on any atom is -0.394 e. The molecule has 1 rings (SSSR count). The molecule has 0 aromatic rings. The van der Waals surface area contributed by atoms with Gasteiger partial charge in [-0.1, -0.05) is 27.2 Å². The Labute approximate surface area is 146 Å². The molecule has 0 aromatic carbocycles. The van der Waals surface area contributed by atoms with E-state index in [-0.39, 0.29) is 36.0 Å². The molecule has 0 radical (unpaired) electrons. The lowest BCUT2D eigenvalue weighted by molar-refractivity contribution is -0.113. The third-order valence-electron chi connectivity index (χ3n) is 4.02. The fourth-order valence-corrected chi connectivity index (χ4v) is 2.43. The lowest BCUT2D eigenvalue weighted by atomic mass is 9.64. The predicted molar refractivity (Wildman–Crippen MR) is 98.4 cm³/mol. The Bertz CT molecular complexity index is 311. The number of rotatable bonds is 8. The van der Waals surface area contributed by atoms with Crippen LogP contribution in [0.3, 0.4) is 0 Å². The molecule has 0 spiro atoms. The van der Waals surface area contributed by atoms with Gasteiger partial charge in [0.1, 0.15) is 0 Å². The minimum absolute atomic E-state index is 0. The number of ether oxygens (including phenoxy) is 1. The van der Waals surface area contributed by atoms with Crippen LogP contribution in [0.1, 0.15) is 47.0 Å². The SMILES string of the molecule is CCCCOC1CC(NC(=NCCO)NCC)C1(C)C.I. The van der Waals surface area contributed by atoms with E-state index in [1.54, 1.807) is 0 Å². The predicted octanol–water partition coefficient (Wildman–Crippen LogP) is 2.14. The van der Waals surface area contributed by atoms with Crippen molar-refractivity contribution in [3.8, 4) is 0 Å². The van der Waals surface area contributed by atoms with Gasteiger partial charge in [0.25, 0.3) is 0 Å². The van der Waals surface area contributed by atoms with Gasteiger partial charge in [0.2, 0.25) is 0 Å². The van der Waals surface area contributed by atoms with E-state index in [0.717, 1.165) is 32.0 Å². The van der Waals surface area contributed by atoms with E-state index in [9.17, 15) is 0 Å². The Morgan fingerprint density at radius 3 is 2.62 bits per heavy atom. The summed E-state index contributed by atoms with van der Waals surface area (Å²) in [4.78, 5) is 4.32. The molecule has 6 heteroatoms. The number of hydrogen-bond donors (Lipinski definition) is 3. The molecule has 1 saturated carbocycles. The van der Waals surface area contributed by atoms with Crippen molar-refractivity contribution in [1.82, 2.24) is 10.6 Å². The highest BCUT2D eigenvalue weighted by atomic mass is 127. The largest absolute Gasteiger partial charge is 0.394 e. The van der Waals surface area contributed by atoms with Gasteiger partial charge < -0.3 is 20.5 Å². The Hall–Kier alpha value is -0.0800. The summed E-state index contributed by atoms with van der Waals surface area (Å²) >= 11 is 0. The summed E-state index contributed by atoms with van der Waals surface area (Å²) < 4.78 is 5.95. The maximum Gasteiger partial charge on any atom is 0.191 e. The van der Waals surface area contributed by atoms with Crippen molar-refractivity contribution in [3.63, 3.8) is 0 Å². The van der Waals surface area contributed by atoms with Gasteiger partial charge in [-0.3, -0.25) is 4.99 Å². The summed E-state index contributed by atoms with van der Waals surface area (Å²) in [6.45, 7) is 10.9. The van der Waals surface area contributed by atoms with Crippen molar-refractivity contribution in [3.05, 3.63) is 0 Å². The summed E-state index contributed by atoms with van der Waals surface area (Å²) in [5.74, 6) is 0.784. The topological polar surface area (TPSA) is 65.9 Å². The van der Waals surface area contributed by atoms with Crippen LogP contribution in [-0.2, 0) is 4.74 Å². The highest BCUT2D eigenvalue weighted by molar-refractivity contribution is 14.0. The number of aliphatic imine (C=N–C) groups is 1. The zero-order chi connectivity index (χ0) is 15.0. The van der Waals surface area contributed by atoms with E-state index in [0.29, 0.717) is 18.7 Å². The van der Waals surface area contributed by atoms with Gasteiger partial charge in [0, 0.05) is 24.6 Å². The molecular weight excluding hydrogens is 381 g/mol. The quantitative estimate of drug-likeness (QED) is 0.247. The average molecular weight is 413 g/mol. The number of aliphatic hydroxyl groups excluding tert-OH is 1. The van der Waals surface area contributed by atoms with Crippen LogP contribution in [-0.4, -0.2) is 49.5 Å². The second kappa shape index (κ2) is 10.6. The first-order valence-electron chi connectivity index (χ1n) is 7.83. The smallest absolute Gasteiger partial charge is 0.191 e. The molecule has 1 aliphatic carbocycles. The molecule has 21 heavy (non-hydrogen) atoms. The van der Waals surface area contributed by atoms with Gasteiger partial charge in [-0.05, 0) is 19.8 Å². The summed E-state index contributed by atoms with van der Waals surface area (Å²) in [6.07, 6.45) is 3.64. The van der Waals surface area contributed by atoms with Gasteiger partial charge in [0.15, 0.2) is 5.96 Å². The van der Waals surface area contributed by atoms with Gasteiger partial charge in [-0.15, -0.1) is 24.0 Å². The third kappa shape index (κ3) is 6.28. The molecule has 0 heterocycles. The number of nitrogens with zero attached hydrogens (tertiary/aromatic N) is 1. The number of guanidine groups is 1. The molecule has 1 fully saturated rings. The molecule has 2 unspecified atom stereocenters. The van der Waals surface area contributed by atoms with Crippen LogP contribution in [0, 0.1) is 5.41 Å². The Kier molecular flexibility index (Phi) is 10.6.